The van der Waals surface area contributed by atoms with E-state index in [9.17, 15) is 9.90 Å². The summed E-state index contributed by atoms with van der Waals surface area (Å²) in [6.07, 6.45) is 0.446. The van der Waals surface area contributed by atoms with Gasteiger partial charge in [-0.05, 0) is 37.5 Å². The summed E-state index contributed by atoms with van der Waals surface area (Å²) in [7, 11) is 4.02. The molecule has 0 aliphatic carbocycles. The minimum absolute atomic E-state index is 0.284. The van der Waals surface area contributed by atoms with Gasteiger partial charge in [-0.3, -0.25) is 4.90 Å². The number of hydrogen-bond donors (Lipinski definition) is 2. The van der Waals surface area contributed by atoms with Crippen molar-refractivity contribution in [2.45, 2.75) is 25.1 Å². The Morgan fingerprint density at radius 2 is 2.32 bits per heavy atom. The Morgan fingerprint density at radius 3 is 2.95 bits per heavy atom. The summed E-state index contributed by atoms with van der Waals surface area (Å²) < 4.78 is 0. The highest BCUT2D eigenvalue weighted by atomic mass is 32.1. The molecular formula is C13H20N2O3S. The lowest BCUT2D eigenvalue weighted by atomic mass is 10.1. The van der Waals surface area contributed by atoms with Crippen LogP contribution in [0.1, 0.15) is 21.7 Å². The Balaban J connectivity index is 2.08. The molecule has 106 valence electrons. The lowest BCUT2D eigenvalue weighted by Crippen LogP contribution is -2.37. The molecule has 6 heteroatoms. The van der Waals surface area contributed by atoms with Crippen molar-refractivity contribution in [3.8, 4) is 0 Å². The average molecular weight is 284 g/mol. The number of aliphatic hydroxyl groups is 1. The Morgan fingerprint density at radius 1 is 1.58 bits per heavy atom. The van der Waals surface area contributed by atoms with Crippen LogP contribution in [0.4, 0.5) is 0 Å². The largest absolute Gasteiger partial charge is 0.477 e. The van der Waals surface area contributed by atoms with Crippen molar-refractivity contribution in [2.75, 3.05) is 27.2 Å². The van der Waals surface area contributed by atoms with Crippen molar-refractivity contribution in [1.82, 2.24) is 9.80 Å². The predicted molar refractivity (Wildman–Crippen MR) is 74.7 cm³/mol. The van der Waals surface area contributed by atoms with E-state index in [0.717, 1.165) is 18.5 Å². The van der Waals surface area contributed by atoms with Crippen LogP contribution in [0.3, 0.4) is 0 Å². The number of likely N-dealkylation sites (N-methyl/N-ethyl adjacent to an activating group) is 1. The van der Waals surface area contributed by atoms with Crippen molar-refractivity contribution in [3.63, 3.8) is 0 Å². The smallest absolute Gasteiger partial charge is 0.346 e. The molecule has 5 nitrogen and oxygen atoms in total. The first kappa shape index (κ1) is 14.5. The maximum atomic E-state index is 11.1. The van der Waals surface area contributed by atoms with Gasteiger partial charge in [0.2, 0.25) is 0 Å². The number of β-amino-alcohol motifs (C(OH)–C–C–N with tert-alkyl or cyclic N) is 1. The molecule has 0 bridgehead atoms. The number of hydrogen-bond acceptors (Lipinski definition) is 5. The Kier molecular flexibility index (Phi) is 4.57. The van der Waals surface area contributed by atoms with Gasteiger partial charge in [0.05, 0.1) is 6.10 Å². The number of aromatic carboxylic acids is 1. The number of carboxylic acid groups (broad SMARTS) is 1. The zero-order chi connectivity index (χ0) is 14.0. The first-order valence-corrected chi connectivity index (χ1v) is 7.22. The molecule has 0 saturated carbocycles. The van der Waals surface area contributed by atoms with Crippen LogP contribution in [0.5, 0.6) is 0 Å². The van der Waals surface area contributed by atoms with Crippen molar-refractivity contribution in [1.29, 1.82) is 0 Å². The predicted octanol–water partition coefficient (Wildman–Crippen LogP) is 0.943. The highest BCUT2D eigenvalue weighted by Gasteiger charge is 2.31. The molecule has 0 aromatic carbocycles. The van der Waals surface area contributed by atoms with Gasteiger partial charge in [0.25, 0.3) is 0 Å². The normalized spacial score (nSPS) is 24.2. The molecule has 1 fully saturated rings. The molecule has 0 spiro atoms. The van der Waals surface area contributed by atoms with E-state index in [2.05, 4.69) is 9.80 Å². The minimum Gasteiger partial charge on any atom is -0.477 e. The fourth-order valence-electron chi connectivity index (χ4n) is 2.63. The lowest BCUT2D eigenvalue weighted by molar-refractivity contribution is 0.0699. The van der Waals surface area contributed by atoms with Crippen molar-refractivity contribution in [2.24, 2.45) is 0 Å². The number of carbonyl (C=O) groups is 1. The number of thiophene rings is 1. The highest BCUT2D eigenvalue weighted by Crippen LogP contribution is 2.24. The summed E-state index contributed by atoms with van der Waals surface area (Å²) >= 11 is 1.26. The molecule has 2 N–H and O–H groups in total. The summed E-state index contributed by atoms with van der Waals surface area (Å²) in [5, 5.41) is 20.8. The molecule has 2 unspecified atom stereocenters. The summed E-state index contributed by atoms with van der Waals surface area (Å²) in [4.78, 5) is 15.8. The van der Waals surface area contributed by atoms with E-state index in [1.54, 1.807) is 0 Å². The van der Waals surface area contributed by atoms with Gasteiger partial charge in [-0.25, -0.2) is 4.79 Å². The van der Waals surface area contributed by atoms with Crippen molar-refractivity contribution in [3.05, 3.63) is 21.9 Å². The van der Waals surface area contributed by atoms with Gasteiger partial charge >= 0.3 is 5.97 Å². The Bertz CT molecular complexity index is 447. The monoisotopic (exact) mass is 284 g/mol. The van der Waals surface area contributed by atoms with Gasteiger partial charge in [0.15, 0.2) is 0 Å². The van der Waals surface area contributed by atoms with Gasteiger partial charge in [-0.2, -0.15) is 0 Å². The molecular weight excluding hydrogens is 264 g/mol. The molecule has 19 heavy (non-hydrogen) atoms. The first-order valence-electron chi connectivity index (χ1n) is 6.34. The molecule has 2 heterocycles. The van der Waals surface area contributed by atoms with Crippen molar-refractivity contribution < 1.29 is 15.0 Å². The van der Waals surface area contributed by atoms with E-state index in [4.69, 9.17) is 5.11 Å². The van der Waals surface area contributed by atoms with Crippen LogP contribution in [0.15, 0.2) is 11.4 Å². The fraction of sp³-hybridized carbons (Fsp3) is 0.615. The zero-order valence-electron chi connectivity index (χ0n) is 11.2. The van der Waals surface area contributed by atoms with Crippen molar-refractivity contribution >= 4 is 17.3 Å². The van der Waals surface area contributed by atoms with E-state index in [1.807, 2.05) is 25.5 Å². The summed E-state index contributed by atoms with van der Waals surface area (Å²) in [6.45, 7) is 2.09. The quantitative estimate of drug-likeness (QED) is 0.842. The summed E-state index contributed by atoms with van der Waals surface area (Å²) in [6, 6.07) is 2.15. The number of rotatable bonds is 5. The van der Waals surface area contributed by atoms with E-state index in [0.29, 0.717) is 18.0 Å². The molecule has 0 radical (unpaired) electrons. The second kappa shape index (κ2) is 6.00. The summed E-state index contributed by atoms with van der Waals surface area (Å²) in [5.41, 5.74) is 0.843. The van der Waals surface area contributed by atoms with Gasteiger partial charge in [0.1, 0.15) is 4.88 Å². The van der Waals surface area contributed by atoms with E-state index >= 15 is 0 Å². The molecule has 1 aliphatic rings. The van der Waals surface area contributed by atoms with E-state index in [1.165, 1.54) is 11.3 Å². The van der Waals surface area contributed by atoms with Crippen LogP contribution in [-0.2, 0) is 6.54 Å². The van der Waals surface area contributed by atoms with Crippen LogP contribution in [0.25, 0.3) is 0 Å². The maximum Gasteiger partial charge on any atom is 0.346 e. The van der Waals surface area contributed by atoms with Gasteiger partial charge < -0.3 is 15.1 Å². The van der Waals surface area contributed by atoms with Crippen LogP contribution in [0.2, 0.25) is 0 Å². The standard InChI is InChI=1S/C13H20N2O3S/c1-14(2)7-10-5-11(16)8-15(10)6-9-3-4-19-12(9)13(17)18/h3-4,10-11,16H,5-8H2,1-2H3,(H,17,18). The maximum absolute atomic E-state index is 11.1. The number of aliphatic hydroxyl groups excluding tert-OH is 1. The lowest BCUT2D eigenvalue weighted by Gasteiger charge is -2.26. The van der Waals surface area contributed by atoms with Crippen LogP contribution in [-0.4, -0.2) is 65.3 Å². The molecule has 1 aromatic rings. The highest BCUT2D eigenvalue weighted by molar-refractivity contribution is 7.12. The SMILES string of the molecule is CN(C)CC1CC(O)CN1Cc1ccsc1C(=O)O. The van der Waals surface area contributed by atoms with Crippen LogP contribution in [0, 0.1) is 0 Å². The third-order valence-corrected chi connectivity index (χ3v) is 4.34. The minimum atomic E-state index is -0.867. The molecule has 0 amide bonds. The molecule has 1 saturated heterocycles. The summed E-state index contributed by atoms with van der Waals surface area (Å²) in [5.74, 6) is -0.867. The number of likely N-dealkylation sites (tertiary alicyclic amines) is 1. The van der Waals surface area contributed by atoms with Gasteiger partial charge in [0, 0.05) is 25.7 Å². The molecule has 2 atom stereocenters. The van der Waals surface area contributed by atoms with Gasteiger partial charge in [-0.15, -0.1) is 11.3 Å². The van der Waals surface area contributed by atoms with Crippen LogP contribution < -0.4 is 0 Å². The Labute approximate surface area is 117 Å². The molecule has 2 rings (SSSR count). The second-order valence-electron chi connectivity index (χ2n) is 5.32. The molecule has 1 aromatic heterocycles. The number of carboxylic acids is 1. The van der Waals surface area contributed by atoms with E-state index in [-0.39, 0.29) is 12.1 Å². The van der Waals surface area contributed by atoms with E-state index < -0.39 is 5.97 Å². The van der Waals surface area contributed by atoms with Crippen LogP contribution >= 0.6 is 11.3 Å². The topological polar surface area (TPSA) is 64.0 Å². The zero-order valence-corrected chi connectivity index (χ0v) is 12.1. The third-order valence-electron chi connectivity index (χ3n) is 3.40. The average Bonchev–Trinajstić information content (AvgIpc) is 2.86. The second-order valence-corrected chi connectivity index (χ2v) is 6.23. The number of nitrogens with zero attached hydrogens (tertiary/aromatic N) is 2. The first-order chi connectivity index (χ1) is 8.97. The third kappa shape index (κ3) is 3.54. The molecule has 1 aliphatic heterocycles. The Hall–Kier alpha value is -0.950. The fourth-order valence-corrected chi connectivity index (χ4v) is 3.38. The van der Waals surface area contributed by atoms with Gasteiger partial charge in [-0.1, -0.05) is 0 Å².